The summed E-state index contributed by atoms with van der Waals surface area (Å²) in [4.78, 5) is 14.0. The van der Waals surface area contributed by atoms with E-state index in [1.165, 1.54) is 12.1 Å². The van der Waals surface area contributed by atoms with E-state index in [1.807, 2.05) is 0 Å². The molecule has 0 radical (unpaired) electrons. The van der Waals surface area contributed by atoms with Crippen LogP contribution in [0.4, 0.5) is 13.2 Å². The van der Waals surface area contributed by atoms with E-state index >= 15 is 0 Å². The van der Waals surface area contributed by atoms with Gasteiger partial charge in [-0.15, -0.1) is 0 Å². The van der Waals surface area contributed by atoms with Gasteiger partial charge in [0.05, 0.1) is 12.0 Å². The van der Waals surface area contributed by atoms with Crippen LogP contribution in [-0.2, 0) is 12.6 Å². The van der Waals surface area contributed by atoms with Gasteiger partial charge in [-0.3, -0.25) is 4.79 Å². The summed E-state index contributed by atoms with van der Waals surface area (Å²) in [5, 5.41) is 3.35. The molecule has 0 amide bonds. The zero-order chi connectivity index (χ0) is 13.2. The van der Waals surface area contributed by atoms with E-state index in [2.05, 4.69) is 10.1 Å². The van der Waals surface area contributed by atoms with Crippen LogP contribution in [0.25, 0.3) is 0 Å². The molecule has 0 aliphatic rings. The minimum Gasteiger partial charge on any atom is -0.339 e. The molecular weight excluding hydrogens is 249 g/mol. The van der Waals surface area contributed by atoms with Crippen LogP contribution in [0.3, 0.4) is 0 Å². The molecule has 0 atom stereocenters. The Morgan fingerprint density at radius 2 is 1.89 bits per heavy atom. The van der Waals surface area contributed by atoms with E-state index in [0.717, 1.165) is 12.1 Å². The molecule has 0 bridgehead atoms. The average molecular weight is 256 g/mol. The van der Waals surface area contributed by atoms with Gasteiger partial charge in [0.1, 0.15) is 0 Å². The number of aldehydes is 1. The third kappa shape index (κ3) is 2.73. The molecule has 0 saturated carbocycles. The molecule has 0 spiro atoms. The molecule has 2 aromatic rings. The number of nitrogens with zero attached hydrogens (tertiary/aromatic N) is 2. The Morgan fingerprint density at radius 3 is 2.39 bits per heavy atom. The highest BCUT2D eigenvalue weighted by atomic mass is 19.4. The number of alkyl halides is 3. The molecular formula is C11H7F3N2O2. The van der Waals surface area contributed by atoms with Gasteiger partial charge in [0.15, 0.2) is 6.29 Å². The number of carbonyl (C=O) groups is 1. The van der Waals surface area contributed by atoms with Crippen molar-refractivity contribution in [3.8, 4) is 0 Å². The number of halogens is 3. The van der Waals surface area contributed by atoms with Gasteiger partial charge in [0.2, 0.25) is 11.7 Å². The van der Waals surface area contributed by atoms with Gasteiger partial charge in [-0.25, -0.2) is 0 Å². The van der Waals surface area contributed by atoms with Crippen LogP contribution in [0.5, 0.6) is 0 Å². The topological polar surface area (TPSA) is 56.0 Å². The van der Waals surface area contributed by atoms with Crippen molar-refractivity contribution < 1.29 is 22.5 Å². The summed E-state index contributed by atoms with van der Waals surface area (Å²) < 4.78 is 41.7. The van der Waals surface area contributed by atoms with Gasteiger partial charge < -0.3 is 4.52 Å². The van der Waals surface area contributed by atoms with Crippen LogP contribution in [-0.4, -0.2) is 16.4 Å². The molecule has 1 aromatic heterocycles. The number of rotatable bonds is 3. The van der Waals surface area contributed by atoms with Crippen molar-refractivity contribution >= 4 is 6.29 Å². The number of benzene rings is 1. The van der Waals surface area contributed by atoms with Crippen LogP contribution in [0.15, 0.2) is 28.8 Å². The summed E-state index contributed by atoms with van der Waals surface area (Å²) in [5.74, 6) is 0.0915. The van der Waals surface area contributed by atoms with Crippen LogP contribution in [0.1, 0.15) is 27.6 Å². The Hall–Kier alpha value is -2.18. The first-order valence-electron chi connectivity index (χ1n) is 4.93. The maximum absolute atomic E-state index is 12.3. The summed E-state index contributed by atoms with van der Waals surface area (Å²) >= 11 is 0. The van der Waals surface area contributed by atoms with Crippen molar-refractivity contribution in [1.82, 2.24) is 10.1 Å². The predicted octanol–water partition coefficient (Wildman–Crippen LogP) is 2.49. The fourth-order valence-corrected chi connectivity index (χ4v) is 1.37. The Bertz CT molecular complexity index is 546. The second kappa shape index (κ2) is 4.59. The fourth-order valence-electron chi connectivity index (χ4n) is 1.37. The van der Waals surface area contributed by atoms with Crippen molar-refractivity contribution in [2.75, 3.05) is 0 Å². The van der Waals surface area contributed by atoms with Gasteiger partial charge in [0.25, 0.3) is 0 Å². The van der Waals surface area contributed by atoms with Gasteiger partial charge in [-0.1, -0.05) is 17.3 Å². The molecule has 4 nitrogen and oxygen atoms in total. The molecule has 1 heterocycles. The monoisotopic (exact) mass is 256 g/mol. The van der Waals surface area contributed by atoms with E-state index in [0.29, 0.717) is 11.8 Å². The Balaban J connectivity index is 2.13. The number of hydrogen-bond acceptors (Lipinski definition) is 4. The van der Waals surface area contributed by atoms with E-state index in [4.69, 9.17) is 4.52 Å². The molecule has 94 valence electrons. The van der Waals surface area contributed by atoms with Crippen molar-refractivity contribution in [3.63, 3.8) is 0 Å². The van der Waals surface area contributed by atoms with Crippen molar-refractivity contribution in [1.29, 1.82) is 0 Å². The molecule has 0 N–H and O–H groups in total. The number of aromatic nitrogens is 2. The van der Waals surface area contributed by atoms with Crippen LogP contribution >= 0.6 is 0 Å². The Kier molecular flexibility index (Phi) is 3.14. The minimum atomic E-state index is -4.35. The molecule has 0 aliphatic carbocycles. The first-order chi connectivity index (χ1) is 8.49. The second-order valence-electron chi connectivity index (χ2n) is 3.54. The van der Waals surface area contributed by atoms with E-state index in [-0.39, 0.29) is 18.1 Å². The smallest absolute Gasteiger partial charge is 0.339 e. The standard InChI is InChI=1S/C11H7F3N2O2/c12-11(13,14)8-3-1-7(2-4-8)5-10-15-9(6-17)16-18-10/h1-4,6H,5H2. The maximum atomic E-state index is 12.3. The minimum absolute atomic E-state index is 0.0862. The lowest BCUT2D eigenvalue weighted by Gasteiger charge is -2.06. The average Bonchev–Trinajstić information content (AvgIpc) is 2.76. The molecule has 0 unspecified atom stereocenters. The van der Waals surface area contributed by atoms with E-state index in [9.17, 15) is 18.0 Å². The van der Waals surface area contributed by atoms with Crippen LogP contribution in [0, 0.1) is 0 Å². The summed E-state index contributed by atoms with van der Waals surface area (Å²) in [6.07, 6.45) is -3.74. The second-order valence-corrected chi connectivity index (χ2v) is 3.54. The molecule has 1 aromatic carbocycles. The number of hydrogen-bond donors (Lipinski definition) is 0. The molecule has 18 heavy (non-hydrogen) atoms. The number of carbonyl (C=O) groups excluding carboxylic acids is 1. The zero-order valence-electron chi connectivity index (χ0n) is 8.94. The summed E-state index contributed by atoms with van der Waals surface area (Å²) in [7, 11) is 0. The largest absolute Gasteiger partial charge is 0.416 e. The van der Waals surface area contributed by atoms with Crippen molar-refractivity contribution in [3.05, 3.63) is 47.1 Å². The fraction of sp³-hybridized carbons (Fsp3) is 0.182. The van der Waals surface area contributed by atoms with E-state index in [1.54, 1.807) is 0 Å². The normalized spacial score (nSPS) is 11.5. The lowest BCUT2D eigenvalue weighted by Crippen LogP contribution is -2.04. The molecule has 7 heteroatoms. The van der Waals surface area contributed by atoms with Crippen molar-refractivity contribution in [2.45, 2.75) is 12.6 Å². The maximum Gasteiger partial charge on any atom is 0.416 e. The Labute approximate surface area is 99.4 Å². The van der Waals surface area contributed by atoms with Gasteiger partial charge in [0, 0.05) is 0 Å². The lowest BCUT2D eigenvalue weighted by molar-refractivity contribution is -0.137. The molecule has 0 saturated heterocycles. The molecule has 0 fully saturated rings. The lowest BCUT2D eigenvalue weighted by atomic mass is 10.1. The Morgan fingerprint density at radius 1 is 1.22 bits per heavy atom. The molecule has 2 rings (SSSR count). The van der Waals surface area contributed by atoms with Crippen LogP contribution in [0.2, 0.25) is 0 Å². The van der Waals surface area contributed by atoms with Crippen LogP contribution < -0.4 is 0 Å². The van der Waals surface area contributed by atoms with Gasteiger partial charge >= 0.3 is 6.18 Å². The third-order valence-electron chi connectivity index (χ3n) is 2.23. The summed E-state index contributed by atoms with van der Waals surface area (Å²) in [6.45, 7) is 0. The first kappa shape index (κ1) is 12.3. The van der Waals surface area contributed by atoms with E-state index < -0.39 is 11.7 Å². The quantitative estimate of drug-likeness (QED) is 0.791. The summed E-state index contributed by atoms with van der Waals surface area (Å²) in [5.41, 5.74) is -0.130. The predicted molar refractivity (Wildman–Crippen MR) is 53.9 cm³/mol. The van der Waals surface area contributed by atoms with Gasteiger partial charge in [-0.05, 0) is 17.7 Å². The molecule has 0 aliphatic heterocycles. The highest BCUT2D eigenvalue weighted by Gasteiger charge is 2.29. The highest BCUT2D eigenvalue weighted by molar-refractivity contribution is 5.68. The SMILES string of the molecule is O=Cc1noc(Cc2ccc(C(F)(F)F)cc2)n1. The first-order valence-corrected chi connectivity index (χ1v) is 4.93. The van der Waals surface area contributed by atoms with Gasteiger partial charge in [-0.2, -0.15) is 18.2 Å². The third-order valence-corrected chi connectivity index (χ3v) is 2.23. The highest BCUT2D eigenvalue weighted by Crippen LogP contribution is 2.29. The summed E-state index contributed by atoms with van der Waals surface area (Å²) in [6, 6.07) is 4.61. The van der Waals surface area contributed by atoms with Crippen molar-refractivity contribution in [2.24, 2.45) is 0 Å². The zero-order valence-corrected chi connectivity index (χ0v) is 8.94.